The SMILES string of the molecule is CC(C)NC(=O)CC1CN(Cc2ccc(-c3ccc(C(C)(O)C(F)(F)F)cc3)cc2)CCN1Cc1ccncc1. The number of benzene rings is 2. The van der Waals surface area contributed by atoms with Gasteiger partial charge in [-0.3, -0.25) is 19.6 Å². The molecule has 2 N–H and O–H groups in total. The fraction of sp³-hybridized carbons (Fsp3) is 0.419. The number of hydrogen-bond acceptors (Lipinski definition) is 5. The highest BCUT2D eigenvalue weighted by atomic mass is 19.4. The number of rotatable bonds is 9. The number of carbonyl (C=O) groups is 1. The van der Waals surface area contributed by atoms with E-state index in [-0.39, 0.29) is 23.6 Å². The molecule has 1 fully saturated rings. The van der Waals surface area contributed by atoms with Gasteiger partial charge in [-0.25, -0.2) is 0 Å². The molecule has 1 aliphatic heterocycles. The standard InChI is InChI=1S/C31H37F3N4O2/c1-22(2)36-29(39)18-28-21-37(16-17-38(28)20-24-12-14-35-15-13-24)19-23-4-6-25(7-5-23)26-8-10-27(11-9-26)30(3,40)31(32,33)34/h4-15,22,28,40H,16-21H2,1-3H3,(H,36,39). The van der Waals surface area contributed by atoms with Gasteiger partial charge in [0.2, 0.25) is 5.91 Å². The first-order valence-electron chi connectivity index (χ1n) is 13.6. The number of amides is 1. The second-order valence-corrected chi connectivity index (χ2v) is 11.0. The summed E-state index contributed by atoms with van der Waals surface area (Å²) < 4.78 is 39.5. The second kappa shape index (κ2) is 12.5. The van der Waals surface area contributed by atoms with E-state index in [1.807, 2.05) is 50.2 Å². The highest BCUT2D eigenvalue weighted by Crippen LogP contribution is 2.39. The van der Waals surface area contributed by atoms with E-state index in [0.29, 0.717) is 6.42 Å². The zero-order chi connectivity index (χ0) is 28.9. The van der Waals surface area contributed by atoms with Crippen LogP contribution in [0.25, 0.3) is 11.1 Å². The number of aromatic nitrogens is 1. The molecule has 1 amide bonds. The Labute approximate surface area is 233 Å². The Bertz CT molecular complexity index is 1250. The molecule has 9 heteroatoms. The molecule has 2 aromatic carbocycles. The summed E-state index contributed by atoms with van der Waals surface area (Å²) in [7, 11) is 0. The molecule has 1 aromatic heterocycles. The largest absolute Gasteiger partial charge is 0.421 e. The Morgan fingerprint density at radius 2 is 1.52 bits per heavy atom. The van der Waals surface area contributed by atoms with Gasteiger partial charge in [0.15, 0.2) is 5.60 Å². The van der Waals surface area contributed by atoms with Crippen LogP contribution in [0.5, 0.6) is 0 Å². The van der Waals surface area contributed by atoms with E-state index in [9.17, 15) is 23.1 Å². The molecule has 0 radical (unpaired) electrons. The topological polar surface area (TPSA) is 68.7 Å². The number of halogens is 3. The van der Waals surface area contributed by atoms with Gasteiger partial charge < -0.3 is 10.4 Å². The van der Waals surface area contributed by atoms with Crippen LogP contribution in [0.3, 0.4) is 0 Å². The molecular weight excluding hydrogens is 517 g/mol. The van der Waals surface area contributed by atoms with Crippen LogP contribution in [0.15, 0.2) is 73.1 Å². The number of pyridine rings is 1. The van der Waals surface area contributed by atoms with E-state index in [2.05, 4.69) is 20.1 Å². The lowest BCUT2D eigenvalue weighted by Crippen LogP contribution is -2.53. The van der Waals surface area contributed by atoms with Crippen molar-refractivity contribution in [2.75, 3.05) is 19.6 Å². The lowest BCUT2D eigenvalue weighted by molar-refractivity contribution is -0.258. The quantitative estimate of drug-likeness (QED) is 0.384. The van der Waals surface area contributed by atoms with Crippen molar-refractivity contribution in [3.05, 3.63) is 89.7 Å². The van der Waals surface area contributed by atoms with Gasteiger partial charge in [0, 0.05) is 63.6 Å². The zero-order valence-electron chi connectivity index (χ0n) is 23.2. The Hall–Kier alpha value is -3.27. The minimum atomic E-state index is -4.75. The van der Waals surface area contributed by atoms with Gasteiger partial charge in [0.1, 0.15) is 0 Å². The first-order valence-corrected chi connectivity index (χ1v) is 13.6. The summed E-state index contributed by atoms with van der Waals surface area (Å²) in [6.45, 7) is 8.66. The summed E-state index contributed by atoms with van der Waals surface area (Å²) in [6, 6.07) is 18.0. The molecule has 0 aliphatic carbocycles. The maximum absolute atomic E-state index is 13.2. The summed E-state index contributed by atoms with van der Waals surface area (Å²) in [5.74, 6) is 0.0497. The fourth-order valence-corrected chi connectivity index (χ4v) is 5.03. The van der Waals surface area contributed by atoms with Crippen LogP contribution in [0.4, 0.5) is 13.2 Å². The fourth-order valence-electron chi connectivity index (χ4n) is 5.03. The third kappa shape index (κ3) is 7.47. The Morgan fingerprint density at radius 3 is 2.10 bits per heavy atom. The van der Waals surface area contributed by atoms with Crippen LogP contribution >= 0.6 is 0 Å². The molecule has 6 nitrogen and oxygen atoms in total. The summed E-state index contributed by atoms with van der Waals surface area (Å²) in [4.78, 5) is 21.5. The van der Waals surface area contributed by atoms with Crippen molar-refractivity contribution in [3.8, 4) is 11.1 Å². The normalized spacial score (nSPS) is 18.4. The monoisotopic (exact) mass is 554 g/mol. The first-order chi connectivity index (χ1) is 18.9. The Kier molecular flexibility index (Phi) is 9.28. The van der Waals surface area contributed by atoms with E-state index in [0.717, 1.165) is 56.3 Å². The lowest BCUT2D eigenvalue weighted by atomic mass is 9.93. The average molecular weight is 555 g/mol. The third-order valence-corrected chi connectivity index (χ3v) is 7.39. The van der Waals surface area contributed by atoms with Gasteiger partial charge in [0.05, 0.1) is 0 Å². The number of piperazine rings is 1. The van der Waals surface area contributed by atoms with Crippen LogP contribution in [0.2, 0.25) is 0 Å². The van der Waals surface area contributed by atoms with E-state index >= 15 is 0 Å². The number of carbonyl (C=O) groups excluding carboxylic acids is 1. The van der Waals surface area contributed by atoms with E-state index in [4.69, 9.17) is 0 Å². The number of nitrogens with zero attached hydrogens (tertiary/aromatic N) is 3. The summed E-state index contributed by atoms with van der Waals surface area (Å²) in [5, 5.41) is 12.9. The lowest BCUT2D eigenvalue weighted by Gasteiger charge is -2.41. The molecule has 2 atom stereocenters. The molecule has 0 bridgehead atoms. The number of hydrogen-bond donors (Lipinski definition) is 2. The van der Waals surface area contributed by atoms with Crippen molar-refractivity contribution in [3.63, 3.8) is 0 Å². The molecule has 1 aliphatic rings. The number of nitrogens with one attached hydrogen (secondary N) is 1. The van der Waals surface area contributed by atoms with Crippen molar-refractivity contribution in [2.45, 2.75) is 64.1 Å². The van der Waals surface area contributed by atoms with Crippen LogP contribution < -0.4 is 5.32 Å². The molecule has 3 aromatic rings. The number of alkyl halides is 3. The van der Waals surface area contributed by atoms with Crippen molar-refractivity contribution >= 4 is 5.91 Å². The smallest absolute Gasteiger partial charge is 0.376 e. The summed E-state index contributed by atoms with van der Waals surface area (Å²) >= 11 is 0. The van der Waals surface area contributed by atoms with Crippen LogP contribution in [0, 0.1) is 0 Å². The molecule has 4 rings (SSSR count). The molecule has 0 spiro atoms. The van der Waals surface area contributed by atoms with Crippen LogP contribution in [-0.4, -0.2) is 63.7 Å². The van der Waals surface area contributed by atoms with E-state index in [1.54, 1.807) is 24.5 Å². The van der Waals surface area contributed by atoms with Gasteiger partial charge in [-0.15, -0.1) is 0 Å². The molecule has 40 heavy (non-hydrogen) atoms. The molecule has 214 valence electrons. The molecule has 0 saturated carbocycles. The predicted molar refractivity (Wildman–Crippen MR) is 149 cm³/mol. The van der Waals surface area contributed by atoms with Crippen molar-refractivity contribution in [1.29, 1.82) is 0 Å². The summed E-state index contributed by atoms with van der Waals surface area (Å²) in [6.07, 6.45) is -0.750. The van der Waals surface area contributed by atoms with E-state index < -0.39 is 11.8 Å². The maximum atomic E-state index is 13.2. The summed E-state index contributed by atoms with van der Waals surface area (Å²) in [5.41, 5.74) is 0.851. The van der Waals surface area contributed by atoms with Gasteiger partial charge in [0.25, 0.3) is 0 Å². The van der Waals surface area contributed by atoms with Crippen molar-refractivity contribution in [1.82, 2.24) is 20.1 Å². The van der Waals surface area contributed by atoms with Gasteiger partial charge in [-0.1, -0.05) is 48.5 Å². The zero-order valence-corrected chi connectivity index (χ0v) is 23.2. The van der Waals surface area contributed by atoms with E-state index in [1.165, 1.54) is 17.7 Å². The minimum Gasteiger partial charge on any atom is -0.376 e. The minimum absolute atomic E-state index is 0.0497. The molecule has 1 saturated heterocycles. The van der Waals surface area contributed by atoms with Crippen molar-refractivity contribution in [2.24, 2.45) is 0 Å². The van der Waals surface area contributed by atoms with Gasteiger partial charge >= 0.3 is 6.18 Å². The maximum Gasteiger partial charge on any atom is 0.421 e. The van der Waals surface area contributed by atoms with Crippen molar-refractivity contribution < 1.29 is 23.1 Å². The predicted octanol–water partition coefficient (Wildman–Crippen LogP) is 5.12. The molecular formula is C31H37F3N4O2. The van der Waals surface area contributed by atoms with Gasteiger partial charge in [-0.2, -0.15) is 13.2 Å². The second-order valence-electron chi connectivity index (χ2n) is 11.0. The highest BCUT2D eigenvalue weighted by molar-refractivity contribution is 5.76. The van der Waals surface area contributed by atoms with Gasteiger partial charge in [-0.05, 0) is 60.7 Å². The Balaban J connectivity index is 1.41. The molecule has 2 unspecified atom stereocenters. The molecule has 2 heterocycles. The third-order valence-electron chi connectivity index (χ3n) is 7.39. The number of aliphatic hydroxyl groups is 1. The highest BCUT2D eigenvalue weighted by Gasteiger charge is 2.51. The first kappa shape index (κ1) is 29.7. The average Bonchev–Trinajstić information content (AvgIpc) is 2.90. The van der Waals surface area contributed by atoms with Crippen LogP contribution in [-0.2, 0) is 23.5 Å². The Morgan fingerprint density at radius 1 is 0.950 bits per heavy atom. The van der Waals surface area contributed by atoms with Crippen LogP contribution in [0.1, 0.15) is 43.9 Å².